The number of benzene rings is 1. The number of rotatable bonds is 8. The Morgan fingerprint density at radius 1 is 1.45 bits per heavy atom. The van der Waals surface area contributed by atoms with Gasteiger partial charge in [-0.2, -0.15) is 11.8 Å². The molecule has 0 aliphatic carbocycles. The standard InChI is InChI=1S/C15H25ClN2OS/c1-11(7-8-20-4)18(2)14(10-17)12-5-6-15(19-3)13(16)9-12/h5-6,9,11,14H,7-8,10,17H2,1-4H3. The molecule has 0 saturated carbocycles. The topological polar surface area (TPSA) is 38.5 Å². The number of halogens is 1. The van der Waals surface area contributed by atoms with E-state index in [0.29, 0.717) is 23.4 Å². The molecular formula is C15H25ClN2OS. The van der Waals surface area contributed by atoms with Crippen LogP contribution in [-0.4, -0.2) is 43.7 Å². The number of likely N-dealkylation sites (N-methyl/N-ethyl adjacent to an activating group) is 1. The molecule has 0 aliphatic rings. The summed E-state index contributed by atoms with van der Waals surface area (Å²) in [5.74, 6) is 1.86. The van der Waals surface area contributed by atoms with Gasteiger partial charge in [-0.15, -0.1) is 0 Å². The van der Waals surface area contributed by atoms with Crippen LogP contribution in [0.4, 0.5) is 0 Å². The van der Waals surface area contributed by atoms with E-state index in [9.17, 15) is 0 Å². The largest absolute Gasteiger partial charge is 0.495 e. The van der Waals surface area contributed by atoms with Gasteiger partial charge in [-0.05, 0) is 50.1 Å². The van der Waals surface area contributed by atoms with Crippen LogP contribution in [0, 0.1) is 0 Å². The van der Waals surface area contributed by atoms with Crippen molar-refractivity contribution in [3.63, 3.8) is 0 Å². The highest BCUT2D eigenvalue weighted by atomic mass is 35.5. The quantitative estimate of drug-likeness (QED) is 0.797. The van der Waals surface area contributed by atoms with Crippen LogP contribution in [0.2, 0.25) is 5.02 Å². The summed E-state index contributed by atoms with van der Waals surface area (Å²) < 4.78 is 5.19. The normalized spacial score (nSPS) is 14.3. The van der Waals surface area contributed by atoms with Crippen LogP contribution in [0.3, 0.4) is 0 Å². The van der Waals surface area contributed by atoms with Crippen LogP contribution in [-0.2, 0) is 0 Å². The third-order valence-electron chi connectivity index (χ3n) is 3.71. The summed E-state index contributed by atoms with van der Waals surface area (Å²) in [5, 5.41) is 0.633. The van der Waals surface area contributed by atoms with E-state index in [4.69, 9.17) is 22.1 Å². The van der Waals surface area contributed by atoms with Crippen LogP contribution >= 0.6 is 23.4 Å². The van der Waals surface area contributed by atoms with Crippen molar-refractivity contribution in [2.45, 2.75) is 25.4 Å². The predicted molar refractivity (Wildman–Crippen MR) is 90.0 cm³/mol. The van der Waals surface area contributed by atoms with Gasteiger partial charge in [-0.25, -0.2) is 0 Å². The van der Waals surface area contributed by atoms with Gasteiger partial charge in [0, 0.05) is 18.6 Å². The van der Waals surface area contributed by atoms with Crippen molar-refractivity contribution in [2.75, 3.05) is 32.7 Å². The number of nitrogens with two attached hydrogens (primary N) is 1. The molecule has 3 nitrogen and oxygen atoms in total. The number of methoxy groups -OCH3 is 1. The lowest BCUT2D eigenvalue weighted by molar-refractivity contribution is 0.185. The summed E-state index contributed by atoms with van der Waals surface area (Å²) in [4.78, 5) is 2.33. The molecule has 0 saturated heterocycles. The predicted octanol–water partition coefficient (Wildman–Crippen LogP) is 3.42. The molecule has 2 N–H and O–H groups in total. The average molecular weight is 317 g/mol. The highest BCUT2D eigenvalue weighted by molar-refractivity contribution is 7.98. The second kappa shape index (κ2) is 8.78. The van der Waals surface area contributed by atoms with Gasteiger partial charge in [0.05, 0.1) is 12.1 Å². The second-order valence-electron chi connectivity index (χ2n) is 4.94. The summed E-state index contributed by atoms with van der Waals surface area (Å²) in [6.45, 7) is 2.81. The molecule has 0 aromatic heterocycles. The molecule has 2 atom stereocenters. The molecule has 1 aromatic rings. The molecule has 0 radical (unpaired) electrons. The minimum atomic E-state index is 0.176. The Hall–Kier alpha value is -0.420. The fourth-order valence-corrected chi connectivity index (χ4v) is 3.07. The first-order valence-electron chi connectivity index (χ1n) is 6.79. The van der Waals surface area contributed by atoms with E-state index in [2.05, 4.69) is 25.1 Å². The molecule has 1 aromatic carbocycles. The Morgan fingerprint density at radius 2 is 2.15 bits per heavy atom. The van der Waals surface area contributed by atoms with E-state index < -0.39 is 0 Å². The third kappa shape index (κ3) is 4.55. The smallest absolute Gasteiger partial charge is 0.137 e. The van der Waals surface area contributed by atoms with Crippen LogP contribution in [0.15, 0.2) is 18.2 Å². The van der Waals surface area contributed by atoms with Crippen molar-refractivity contribution >= 4 is 23.4 Å². The second-order valence-corrected chi connectivity index (χ2v) is 6.33. The molecule has 0 bridgehead atoms. The summed E-state index contributed by atoms with van der Waals surface area (Å²) >= 11 is 8.09. The number of ether oxygens (including phenoxy) is 1. The molecule has 0 fully saturated rings. The maximum absolute atomic E-state index is 6.21. The van der Waals surface area contributed by atoms with Crippen molar-refractivity contribution in [2.24, 2.45) is 5.73 Å². The third-order valence-corrected chi connectivity index (χ3v) is 4.65. The molecule has 0 spiro atoms. The lowest BCUT2D eigenvalue weighted by Crippen LogP contribution is -2.37. The van der Waals surface area contributed by atoms with E-state index in [1.165, 1.54) is 0 Å². The Balaban J connectivity index is 2.86. The zero-order valence-electron chi connectivity index (χ0n) is 12.7. The molecule has 114 valence electrons. The lowest BCUT2D eigenvalue weighted by atomic mass is 10.0. The first-order valence-corrected chi connectivity index (χ1v) is 8.56. The van der Waals surface area contributed by atoms with Crippen LogP contribution in [0.1, 0.15) is 24.9 Å². The van der Waals surface area contributed by atoms with Crippen molar-refractivity contribution in [3.8, 4) is 5.75 Å². The van der Waals surface area contributed by atoms with Gasteiger partial charge < -0.3 is 10.5 Å². The minimum Gasteiger partial charge on any atom is -0.495 e. The number of nitrogens with zero attached hydrogens (tertiary/aromatic N) is 1. The number of hydrogen-bond acceptors (Lipinski definition) is 4. The summed E-state index contributed by atoms with van der Waals surface area (Å²) in [6, 6.07) is 6.56. The highest BCUT2D eigenvalue weighted by Crippen LogP contribution is 2.30. The van der Waals surface area contributed by atoms with Crippen molar-refractivity contribution in [1.29, 1.82) is 0 Å². The van der Waals surface area contributed by atoms with Crippen LogP contribution in [0.25, 0.3) is 0 Å². The molecule has 1 rings (SSSR count). The molecular weight excluding hydrogens is 292 g/mol. The van der Waals surface area contributed by atoms with Gasteiger partial charge in [0.25, 0.3) is 0 Å². The van der Waals surface area contributed by atoms with Crippen molar-refractivity contribution in [1.82, 2.24) is 4.90 Å². The van der Waals surface area contributed by atoms with Gasteiger partial charge in [-0.1, -0.05) is 17.7 Å². The lowest BCUT2D eigenvalue weighted by Gasteiger charge is -2.33. The molecule has 0 heterocycles. The monoisotopic (exact) mass is 316 g/mol. The molecule has 20 heavy (non-hydrogen) atoms. The number of thioether (sulfide) groups is 1. The van der Waals surface area contributed by atoms with Gasteiger partial charge >= 0.3 is 0 Å². The molecule has 0 amide bonds. The Morgan fingerprint density at radius 3 is 2.65 bits per heavy atom. The molecule has 2 unspecified atom stereocenters. The zero-order chi connectivity index (χ0) is 15.1. The Kier molecular flexibility index (Phi) is 7.74. The van der Waals surface area contributed by atoms with E-state index in [0.717, 1.165) is 17.7 Å². The van der Waals surface area contributed by atoms with Crippen LogP contribution < -0.4 is 10.5 Å². The fourth-order valence-electron chi connectivity index (χ4n) is 2.23. The summed E-state index contributed by atoms with van der Waals surface area (Å²) in [7, 11) is 3.75. The first-order chi connectivity index (χ1) is 9.54. The van der Waals surface area contributed by atoms with Crippen molar-refractivity contribution < 1.29 is 4.74 Å². The van der Waals surface area contributed by atoms with E-state index in [-0.39, 0.29) is 6.04 Å². The maximum atomic E-state index is 6.21. The van der Waals surface area contributed by atoms with Crippen LogP contribution in [0.5, 0.6) is 5.75 Å². The Labute approximate surface area is 131 Å². The first kappa shape index (κ1) is 17.6. The average Bonchev–Trinajstić information content (AvgIpc) is 2.45. The molecule has 5 heteroatoms. The molecule has 0 aliphatic heterocycles. The van der Waals surface area contributed by atoms with Crippen molar-refractivity contribution in [3.05, 3.63) is 28.8 Å². The maximum Gasteiger partial charge on any atom is 0.137 e. The van der Waals surface area contributed by atoms with E-state index >= 15 is 0 Å². The number of hydrogen-bond donors (Lipinski definition) is 1. The summed E-state index contributed by atoms with van der Waals surface area (Å²) in [5.41, 5.74) is 7.11. The van der Waals surface area contributed by atoms with Gasteiger partial charge in [-0.3, -0.25) is 4.90 Å². The summed E-state index contributed by atoms with van der Waals surface area (Å²) in [6.07, 6.45) is 3.29. The van der Waals surface area contributed by atoms with E-state index in [1.54, 1.807) is 7.11 Å². The fraction of sp³-hybridized carbons (Fsp3) is 0.600. The Bertz CT molecular complexity index is 417. The van der Waals surface area contributed by atoms with E-state index in [1.807, 2.05) is 30.0 Å². The van der Waals surface area contributed by atoms with Gasteiger partial charge in [0.2, 0.25) is 0 Å². The SMILES string of the molecule is COc1ccc(C(CN)N(C)C(C)CCSC)cc1Cl. The van der Waals surface area contributed by atoms with Gasteiger partial charge in [0.1, 0.15) is 5.75 Å². The zero-order valence-corrected chi connectivity index (χ0v) is 14.3. The van der Waals surface area contributed by atoms with Gasteiger partial charge in [0.15, 0.2) is 0 Å². The minimum absolute atomic E-state index is 0.176. The highest BCUT2D eigenvalue weighted by Gasteiger charge is 2.20.